The van der Waals surface area contributed by atoms with E-state index in [-0.39, 0.29) is 0 Å². The first kappa shape index (κ1) is 15.5. The molecule has 0 unspecified atom stereocenters. The molecule has 106 valence electrons. The first-order valence-electron chi connectivity index (χ1n) is 6.46. The number of anilines is 1. The number of thioether (sulfide) groups is 1. The Morgan fingerprint density at radius 1 is 1.20 bits per heavy atom. The van der Waals surface area contributed by atoms with Gasteiger partial charge in [-0.15, -0.1) is 11.8 Å². The third-order valence-corrected chi connectivity index (χ3v) is 4.23. The van der Waals surface area contributed by atoms with Crippen LogP contribution in [0.15, 0.2) is 41.3 Å². The largest absolute Gasteiger partial charge is 0.370 e. The summed E-state index contributed by atoms with van der Waals surface area (Å²) in [6, 6.07) is 11.6. The summed E-state index contributed by atoms with van der Waals surface area (Å²) in [6.07, 6.45) is 1.07. The quantitative estimate of drug-likeness (QED) is 0.709. The summed E-state index contributed by atoms with van der Waals surface area (Å²) in [5.74, 6) is 1.60. The van der Waals surface area contributed by atoms with Gasteiger partial charge in [-0.2, -0.15) is 0 Å². The van der Waals surface area contributed by atoms with Gasteiger partial charge in [-0.3, -0.25) is 0 Å². The highest BCUT2D eigenvalue weighted by atomic mass is 35.5. The monoisotopic (exact) mass is 326 g/mol. The molecule has 0 bridgehead atoms. The average Bonchev–Trinajstić information content (AvgIpc) is 2.45. The molecule has 1 aromatic carbocycles. The van der Waals surface area contributed by atoms with Crippen molar-refractivity contribution in [2.75, 3.05) is 11.9 Å². The van der Waals surface area contributed by atoms with Crippen LogP contribution in [0.4, 0.5) is 5.82 Å². The maximum atomic E-state index is 6.20. The summed E-state index contributed by atoms with van der Waals surface area (Å²) < 4.78 is 0. The zero-order valence-electron chi connectivity index (χ0n) is 11.2. The van der Waals surface area contributed by atoms with Crippen LogP contribution in [0.5, 0.6) is 0 Å². The van der Waals surface area contributed by atoms with E-state index < -0.39 is 0 Å². The van der Waals surface area contributed by atoms with Gasteiger partial charge in [-0.1, -0.05) is 36.2 Å². The second-order valence-electron chi connectivity index (χ2n) is 4.30. The summed E-state index contributed by atoms with van der Waals surface area (Å²) >= 11 is 13.8. The molecule has 0 amide bonds. The first-order chi connectivity index (χ1) is 9.69. The fourth-order valence-corrected chi connectivity index (χ4v) is 3.06. The van der Waals surface area contributed by atoms with Gasteiger partial charge in [0.1, 0.15) is 5.82 Å². The molecular weight excluding hydrogens is 311 g/mol. The van der Waals surface area contributed by atoms with Gasteiger partial charge in [0, 0.05) is 22.2 Å². The lowest BCUT2D eigenvalue weighted by atomic mass is 10.3. The standard InChI is InChI=1S/C15H16Cl2N2S/c1-2-8-18-15-7-6-13(17)14(19-15)10-20-12-5-3-4-11(16)9-12/h3-7,9H,2,8,10H2,1H3,(H,18,19). The van der Waals surface area contributed by atoms with Crippen LogP contribution in [0.25, 0.3) is 0 Å². The Kier molecular flexibility index (Phi) is 6.02. The zero-order valence-corrected chi connectivity index (χ0v) is 13.5. The molecule has 2 nitrogen and oxygen atoms in total. The molecule has 20 heavy (non-hydrogen) atoms. The van der Waals surface area contributed by atoms with Crippen molar-refractivity contribution in [2.45, 2.75) is 24.0 Å². The third-order valence-electron chi connectivity index (χ3n) is 2.65. The minimum atomic E-state index is 0.696. The van der Waals surface area contributed by atoms with Crippen molar-refractivity contribution in [2.24, 2.45) is 0 Å². The van der Waals surface area contributed by atoms with Crippen molar-refractivity contribution >= 4 is 40.8 Å². The van der Waals surface area contributed by atoms with Gasteiger partial charge in [0.25, 0.3) is 0 Å². The topological polar surface area (TPSA) is 24.9 Å². The van der Waals surface area contributed by atoms with Gasteiger partial charge < -0.3 is 5.32 Å². The Morgan fingerprint density at radius 3 is 2.80 bits per heavy atom. The maximum Gasteiger partial charge on any atom is 0.126 e. The first-order valence-corrected chi connectivity index (χ1v) is 8.21. The SMILES string of the molecule is CCCNc1ccc(Cl)c(CSc2cccc(Cl)c2)n1. The van der Waals surface area contributed by atoms with Crippen molar-refractivity contribution in [1.29, 1.82) is 0 Å². The molecule has 0 aliphatic rings. The number of aromatic nitrogens is 1. The highest BCUT2D eigenvalue weighted by molar-refractivity contribution is 7.98. The van der Waals surface area contributed by atoms with Crippen LogP contribution in [0, 0.1) is 0 Å². The third kappa shape index (κ3) is 4.58. The lowest BCUT2D eigenvalue weighted by Gasteiger charge is -2.08. The molecule has 0 aliphatic carbocycles. The number of rotatable bonds is 6. The van der Waals surface area contributed by atoms with Crippen LogP contribution in [0.1, 0.15) is 19.0 Å². The van der Waals surface area contributed by atoms with E-state index in [9.17, 15) is 0 Å². The lowest BCUT2D eigenvalue weighted by Crippen LogP contribution is -2.03. The second kappa shape index (κ2) is 7.77. The Hall–Kier alpha value is -0.900. The van der Waals surface area contributed by atoms with Crippen LogP contribution in [0.3, 0.4) is 0 Å². The molecule has 0 radical (unpaired) electrons. The molecule has 1 heterocycles. The highest BCUT2D eigenvalue weighted by Gasteiger charge is 2.05. The van der Waals surface area contributed by atoms with Gasteiger partial charge in [0.15, 0.2) is 0 Å². The fourth-order valence-electron chi connectivity index (χ4n) is 1.65. The highest BCUT2D eigenvalue weighted by Crippen LogP contribution is 2.28. The fraction of sp³-hybridized carbons (Fsp3) is 0.267. The summed E-state index contributed by atoms with van der Waals surface area (Å²) in [4.78, 5) is 5.66. The Labute approximate surface area is 133 Å². The molecule has 2 rings (SSSR count). The van der Waals surface area contributed by atoms with Crippen LogP contribution in [-0.4, -0.2) is 11.5 Å². The molecule has 1 aromatic heterocycles. The second-order valence-corrected chi connectivity index (χ2v) is 6.19. The molecule has 0 aliphatic heterocycles. The molecule has 0 spiro atoms. The summed E-state index contributed by atoms with van der Waals surface area (Å²) in [7, 11) is 0. The molecule has 0 fully saturated rings. The van der Waals surface area contributed by atoms with Crippen molar-refractivity contribution < 1.29 is 0 Å². The Balaban J connectivity index is 2.04. The zero-order chi connectivity index (χ0) is 14.4. The number of hydrogen-bond acceptors (Lipinski definition) is 3. The summed E-state index contributed by atoms with van der Waals surface area (Å²) in [5.41, 5.74) is 0.887. The van der Waals surface area contributed by atoms with E-state index in [0.717, 1.165) is 40.1 Å². The normalized spacial score (nSPS) is 10.6. The molecule has 0 saturated heterocycles. The Morgan fingerprint density at radius 2 is 2.05 bits per heavy atom. The van der Waals surface area contributed by atoms with E-state index >= 15 is 0 Å². The number of nitrogens with zero attached hydrogens (tertiary/aromatic N) is 1. The minimum absolute atomic E-state index is 0.696. The Bertz CT molecular complexity index is 576. The predicted octanol–water partition coefficient (Wildman–Crippen LogP) is 5.50. The smallest absolute Gasteiger partial charge is 0.126 e. The minimum Gasteiger partial charge on any atom is -0.370 e. The number of pyridine rings is 1. The van der Waals surface area contributed by atoms with Gasteiger partial charge in [-0.05, 0) is 36.8 Å². The molecule has 0 saturated carbocycles. The van der Waals surface area contributed by atoms with Gasteiger partial charge in [0.2, 0.25) is 0 Å². The van der Waals surface area contributed by atoms with Gasteiger partial charge in [-0.25, -0.2) is 4.98 Å². The number of hydrogen-bond donors (Lipinski definition) is 1. The van der Waals surface area contributed by atoms with Crippen LogP contribution in [-0.2, 0) is 5.75 Å². The summed E-state index contributed by atoms with van der Waals surface area (Å²) in [5, 5.41) is 4.71. The van der Waals surface area contributed by atoms with Crippen LogP contribution in [0.2, 0.25) is 10.0 Å². The van der Waals surface area contributed by atoms with Crippen molar-refractivity contribution in [3.05, 3.63) is 52.1 Å². The molecule has 2 aromatic rings. The van der Waals surface area contributed by atoms with Crippen molar-refractivity contribution in [1.82, 2.24) is 4.98 Å². The number of halogens is 2. The number of nitrogens with one attached hydrogen (secondary N) is 1. The average molecular weight is 327 g/mol. The van der Waals surface area contributed by atoms with Gasteiger partial charge >= 0.3 is 0 Å². The molecule has 1 N–H and O–H groups in total. The van der Waals surface area contributed by atoms with Crippen molar-refractivity contribution in [3.63, 3.8) is 0 Å². The predicted molar refractivity (Wildman–Crippen MR) is 89.0 cm³/mol. The van der Waals surface area contributed by atoms with Crippen LogP contribution >= 0.6 is 35.0 Å². The van der Waals surface area contributed by atoms with Crippen molar-refractivity contribution in [3.8, 4) is 0 Å². The van der Waals surface area contributed by atoms with Crippen LogP contribution < -0.4 is 5.32 Å². The molecule has 0 atom stereocenters. The lowest BCUT2D eigenvalue weighted by molar-refractivity contribution is 0.965. The maximum absolute atomic E-state index is 6.20. The molecule has 5 heteroatoms. The van der Waals surface area contributed by atoms with Gasteiger partial charge in [0.05, 0.1) is 10.7 Å². The van der Waals surface area contributed by atoms with E-state index in [4.69, 9.17) is 23.2 Å². The van der Waals surface area contributed by atoms with E-state index in [0.29, 0.717) is 5.02 Å². The van der Waals surface area contributed by atoms with E-state index in [1.807, 2.05) is 36.4 Å². The van der Waals surface area contributed by atoms with E-state index in [1.54, 1.807) is 11.8 Å². The summed E-state index contributed by atoms with van der Waals surface area (Å²) in [6.45, 7) is 3.04. The van der Waals surface area contributed by atoms with E-state index in [2.05, 4.69) is 17.2 Å². The van der Waals surface area contributed by atoms with E-state index in [1.165, 1.54) is 0 Å². The molecular formula is C15H16Cl2N2S. The number of benzene rings is 1.